The van der Waals surface area contributed by atoms with E-state index in [1.807, 2.05) is 19.2 Å². The molecular formula is C14H20IN3OS. The lowest BCUT2D eigenvalue weighted by atomic mass is 10.3. The molecule has 4 nitrogen and oxygen atoms in total. The Kier molecular flexibility index (Phi) is 7.68. The lowest BCUT2D eigenvalue weighted by molar-refractivity contribution is 0.466. The van der Waals surface area contributed by atoms with Gasteiger partial charge < -0.3 is 14.6 Å². The van der Waals surface area contributed by atoms with Gasteiger partial charge in [-0.1, -0.05) is 6.07 Å². The molecule has 0 fully saturated rings. The van der Waals surface area contributed by atoms with E-state index in [1.165, 1.54) is 4.88 Å². The summed E-state index contributed by atoms with van der Waals surface area (Å²) >= 11 is 1.79. The van der Waals surface area contributed by atoms with Gasteiger partial charge in [-0.15, -0.1) is 35.3 Å². The molecule has 0 spiro atoms. The second-order valence-electron chi connectivity index (χ2n) is 4.23. The number of nitrogens with one attached hydrogen (secondary N) is 1. The number of thiophene rings is 1. The molecule has 2 aromatic heterocycles. The summed E-state index contributed by atoms with van der Waals surface area (Å²) in [6.07, 6.45) is 2.72. The molecule has 0 bridgehead atoms. The van der Waals surface area contributed by atoms with Gasteiger partial charge in [-0.3, -0.25) is 4.99 Å². The Balaban J connectivity index is 0.00000200. The average molecular weight is 405 g/mol. The van der Waals surface area contributed by atoms with Crippen LogP contribution in [0.1, 0.15) is 10.6 Å². The van der Waals surface area contributed by atoms with Gasteiger partial charge in [0.25, 0.3) is 0 Å². The van der Waals surface area contributed by atoms with Crippen molar-refractivity contribution in [3.63, 3.8) is 0 Å². The summed E-state index contributed by atoms with van der Waals surface area (Å²) < 4.78 is 5.29. The Labute approximate surface area is 140 Å². The number of hydrogen-bond acceptors (Lipinski definition) is 3. The molecule has 2 aromatic rings. The third kappa shape index (κ3) is 5.16. The minimum Gasteiger partial charge on any atom is -0.467 e. The summed E-state index contributed by atoms with van der Waals surface area (Å²) in [5.74, 6) is 1.79. The van der Waals surface area contributed by atoms with Gasteiger partial charge in [0.2, 0.25) is 0 Å². The van der Waals surface area contributed by atoms with E-state index >= 15 is 0 Å². The van der Waals surface area contributed by atoms with Gasteiger partial charge in [-0.2, -0.15) is 0 Å². The van der Waals surface area contributed by atoms with Gasteiger partial charge in [0, 0.05) is 25.5 Å². The van der Waals surface area contributed by atoms with E-state index in [1.54, 1.807) is 24.6 Å². The molecule has 0 aliphatic heterocycles. The summed E-state index contributed by atoms with van der Waals surface area (Å²) in [6, 6.07) is 8.09. The van der Waals surface area contributed by atoms with E-state index in [0.717, 1.165) is 24.7 Å². The van der Waals surface area contributed by atoms with E-state index in [2.05, 4.69) is 32.7 Å². The number of nitrogens with zero attached hydrogens (tertiary/aromatic N) is 2. The van der Waals surface area contributed by atoms with Gasteiger partial charge in [0.15, 0.2) is 5.96 Å². The monoisotopic (exact) mass is 405 g/mol. The first-order valence-electron chi connectivity index (χ1n) is 6.26. The molecule has 2 rings (SSSR count). The minimum atomic E-state index is 0. The van der Waals surface area contributed by atoms with Gasteiger partial charge in [0.1, 0.15) is 5.76 Å². The van der Waals surface area contributed by atoms with Crippen molar-refractivity contribution in [2.24, 2.45) is 4.99 Å². The number of hydrogen-bond donors (Lipinski definition) is 1. The maximum atomic E-state index is 5.29. The number of likely N-dealkylation sites (N-methyl/N-ethyl adjacent to an activating group) is 1. The first kappa shape index (κ1) is 17.0. The molecule has 1 N–H and O–H groups in total. The lowest BCUT2D eigenvalue weighted by Crippen LogP contribution is -2.39. The van der Waals surface area contributed by atoms with Crippen molar-refractivity contribution < 1.29 is 4.42 Å². The molecule has 0 saturated heterocycles. The molecule has 20 heavy (non-hydrogen) atoms. The molecule has 0 aromatic carbocycles. The smallest absolute Gasteiger partial charge is 0.193 e. The van der Waals surface area contributed by atoms with Crippen molar-refractivity contribution in [1.29, 1.82) is 0 Å². The highest BCUT2D eigenvalue weighted by Gasteiger charge is 2.06. The van der Waals surface area contributed by atoms with Crippen LogP contribution >= 0.6 is 35.3 Å². The number of furan rings is 1. The van der Waals surface area contributed by atoms with Crippen LogP contribution in [0, 0.1) is 0 Å². The summed E-state index contributed by atoms with van der Waals surface area (Å²) in [6.45, 7) is 1.60. The van der Waals surface area contributed by atoms with Crippen molar-refractivity contribution >= 4 is 41.3 Å². The molecule has 0 aliphatic rings. The average Bonchev–Trinajstić information content (AvgIpc) is 3.10. The van der Waals surface area contributed by atoms with Crippen LogP contribution in [0.15, 0.2) is 45.3 Å². The van der Waals surface area contributed by atoms with Crippen molar-refractivity contribution in [3.05, 3.63) is 46.5 Å². The summed E-state index contributed by atoms with van der Waals surface area (Å²) in [4.78, 5) is 7.80. The van der Waals surface area contributed by atoms with E-state index in [-0.39, 0.29) is 24.0 Å². The fourth-order valence-electron chi connectivity index (χ4n) is 1.80. The van der Waals surface area contributed by atoms with E-state index < -0.39 is 0 Å². The second kappa shape index (κ2) is 9.02. The van der Waals surface area contributed by atoms with Gasteiger partial charge >= 0.3 is 0 Å². The molecule has 0 amide bonds. The maximum Gasteiger partial charge on any atom is 0.193 e. The molecule has 0 radical (unpaired) electrons. The van der Waals surface area contributed by atoms with Crippen molar-refractivity contribution in [3.8, 4) is 0 Å². The van der Waals surface area contributed by atoms with Crippen LogP contribution in [0.25, 0.3) is 0 Å². The molecule has 6 heteroatoms. The van der Waals surface area contributed by atoms with Gasteiger partial charge in [-0.05, 0) is 30.0 Å². The molecular weight excluding hydrogens is 385 g/mol. The Morgan fingerprint density at radius 2 is 2.25 bits per heavy atom. The van der Waals surface area contributed by atoms with Crippen LogP contribution in [0.5, 0.6) is 0 Å². The zero-order valence-electron chi connectivity index (χ0n) is 11.7. The maximum absolute atomic E-state index is 5.29. The summed E-state index contributed by atoms with van der Waals surface area (Å²) in [5, 5.41) is 5.40. The van der Waals surface area contributed by atoms with Crippen LogP contribution < -0.4 is 5.32 Å². The molecule has 0 unspecified atom stereocenters. The summed E-state index contributed by atoms with van der Waals surface area (Å²) in [7, 11) is 3.84. The van der Waals surface area contributed by atoms with Crippen LogP contribution in [-0.2, 0) is 13.0 Å². The second-order valence-corrected chi connectivity index (χ2v) is 5.26. The Bertz CT molecular complexity index is 496. The largest absolute Gasteiger partial charge is 0.467 e. The Morgan fingerprint density at radius 3 is 2.85 bits per heavy atom. The van der Waals surface area contributed by atoms with Gasteiger partial charge in [-0.25, -0.2) is 0 Å². The summed E-state index contributed by atoms with van der Waals surface area (Å²) in [5.41, 5.74) is 0. The molecule has 2 heterocycles. The zero-order valence-corrected chi connectivity index (χ0v) is 14.9. The third-order valence-electron chi connectivity index (χ3n) is 2.85. The van der Waals surface area contributed by atoms with Crippen molar-refractivity contribution in [2.75, 3.05) is 20.6 Å². The van der Waals surface area contributed by atoms with E-state index in [4.69, 9.17) is 4.42 Å². The third-order valence-corrected chi connectivity index (χ3v) is 3.78. The molecule has 0 saturated carbocycles. The highest BCUT2D eigenvalue weighted by Crippen LogP contribution is 2.09. The zero-order chi connectivity index (χ0) is 13.5. The molecule has 0 atom stereocenters. The Morgan fingerprint density at radius 1 is 1.40 bits per heavy atom. The lowest BCUT2D eigenvalue weighted by Gasteiger charge is -2.21. The predicted molar refractivity (Wildman–Crippen MR) is 95.0 cm³/mol. The fourth-order valence-corrected chi connectivity index (χ4v) is 2.50. The molecule has 0 aliphatic carbocycles. The minimum absolute atomic E-state index is 0. The van der Waals surface area contributed by atoms with Crippen molar-refractivity contribution in [2.45, 2.75) is 13.0 Å². The number of halogens is 1. The first-order valence-corrected chi connectivity index (χ1v) is 7.14. The van der Waals surface area contributed by atoms with Gasteiger partial charge in [0.05, 0.1) is 12.8 Å². The topological polar surface area (TPSA) is 40.8 Å². The standard InChI is InChI=1S/C14H19N3OS.HI/c1-15-14(16-11-12-5-3-9-18-12)17(2)8-7-13-6-4-10-19-13;/h3-6,9-10H,7-8,11H2,1-2H3,(H,15,16);1H. The van der Waals surface area contributed by atoms with Crippen molar-refractivity contribution in [1.82, 2.24) is 10.2 Å². The highest BCUT2D eigenvalue weighted by atomic mass is 127. The van der Waals surface area contributed by atoms with Crippen LogP contribution in [-0.4, -0.2) is 31.5 Å². The first-order chi connectivity index (χ1) is 9.29. The van der Waals surface area contributed by atoms with Crippen LogP contribution in [0.3, 0.4) is 0 Å². The number of rotatable bonds is 5. The van der Waals surface area contributed by atoms with Crippen LogP contribution in [0.4, 0.5) is 0 Å². The molecule has 110 valence electrons. The number of aliphatic imine (C=N–C) groups is 1. The number of guanidine groups is 1. The van der Waals surface area contributed by atoms with E-state index in [9.17, 15) is 0 Å². The normalized spacial score (nSPS) is 11.0. The highest BCUT2D eigenvalue weighted by molar-refractivity contribution is 14.0. The SMILES string of the molecule is CN=C(NCc1ccco1)N(C)CCc1cccs1.I. The quantitative estimate of drug-likeness (QED) is 0.472. The van der Waals surface area contributed by atoms with Crippen LogP contribution in [0.2, 0.25) is 0 Å². The van der Waals surface area contributed by atoms with E-state index in [0.29, 0.717) is 6.54 Å². The predicted octanol–water partition coefficient (Wildman–Crippen LogP) is 3.21. The fraction of sp³-hybridized carbons (Fsp3) is 0.357. The Hall–Kier alpha value is -1.02.